The molecule has 0 aliphatic heterocycles. The second kappa shape index (κ2) is 5.63. The minimum Gasteiger partial charge on any atom is -0.359 e. The zero-order valence-corrected chi connectivity index (χ0v) is 13.9. The number of nitrogens with zero attached hydrogens (tertiary/aromatic N) is 1. The first-order valence-electron chi connectivity index (χ1n) is 5.83. The van der Waals surface area contributed by atoms with E-state index in [2.05, 4.69) is 20.9 Å². The largest absolute Gasteiger partial charge is 0.359 e. The van der Waals surface area contributed by atoms with Crippen molar-refractivity contribution in [1.29, 1.82) is 0 Å². The molecule has 1 heterocycles. The van der Waals surface area contributed by atoms with Gasteiger partial charge < -0.3 is 4.98 Å². The lowest BCUT2D eigenvalue weighted by molar-refractivity contribution is 0.345. The van der Waals surface area contributed by atoms with Gasteiger partial charge in [0.2, 0.25) is 0 Å². The third-order valence-electron chi connectivity index (χ3n) is 3.11. The summed E-state index contributed by atoms with van der Waals surface area (Å²) in [6, 6.07) is 13.6. The van der Waals surface area contributed by atoms with Gasteiger partial charge in [0.25, 0.3) is 21.5 Å². The second-order valence-corrected chi connectivity index (χ2v) is 6.46. The van der Waals surface area contributed by atoms with Gasteiger partial charge in [-0.25, -0.2) is 3.07 Å². The number of hydrogen-bond donors (Lipinski definition) is 2. The van der Waals surface area contributed by atoms with Crippen LogP contribution in [0.15, 0.2) is 53.1 Å². The summed E-state index contributed by atoms with van der Waals surface area (Å²) in [7, 11) is 0. The van der Waals surface area contributed by atoms with Crippen LogP contribution in [0.5, 0.6) is 0 Å². The van der Waals surface area contributed by atoms with Crippen molar-refractivity contribution in [3.63, 3.8) is 0 Å². The lowest BCUT2D eigenvalue weighted by atomic mass is 10.0. The van der Waals surface area contributed by atoms with Gasteiger partial charge in [-0.05, 0) is 23.8 Å². The van der Waals surface area contributed by atoms with Crippen molar-refractivity contribution in [2.24, 2.45) is 0 Å². The van der Waals surface area contributed by atoms with E-state index in [4.69, 9.17) is 0 Å². The molecule has 0 bridgehead atoms. The summed E-state index contributed by atoms with van der Waals surface area (Å²) in [6.45, 7) is 0. The number of aromatic nitrogens is 1. The van der Waals surface area contributed by atoms with E-state index >= 15 is 0 Å². The summed E-state index contributed by atoms with van der Waals surface area (Å²) >= 11 is 1.77. The van der Waals surface area contributed by atoms with Crippen LogP contribution in [0.3, 0.4) is 0 Å². The smallest absolute Gasteiger partial charge is 0.300 e. The topological polar surface area (TPSA) is 56.3 Å². The molecule has 4 nitrogen and oxygen atoms in total. The first-order chi connectivity index (χ1) is 9.70. The van der Waals surface area contributed by atoms with Gasteiger partial charge in [0.05, 0.1) is 5.52 Å². The molecule has 0 radical (unpaired) electrons. The highest BCUT2D eigenvalue weighted by Crippen LogP contribution is 2.35. The molecule has 102 valence electrons. The molecule has 1 aromatic heterocycles. The zero-order chi connectivity index (χ0) is 14.1. The maximum Gasteiger partial charge on any atom is 0.300 e. The standard InChI is InChI=1S/C14H10BrIN2O2/c15-10-6-4-9(5-7-10)12-8-17-14-11(12)2-1-3-13(14)18(20)16-19/h1-8,17,20H. The van der Waals surface area contributed by atoms with E-state index in [-0.39, 0.29) is 0 Å². The number of halogens is 2. The fourth-order valence-corrected chi connectivity index (χ4v) is 3.08. The summed E-state index contributed by atoms with van der Waals surface area (Å²) in [5, 5.41) is 10.7. The predicted octanol–water partition coefficient (Wildman–Crippen LogP) is 5.02. The molecule has 2 N–H and O–H groups in total. The molecular weight excluding hydrogens is 435 g/mol. The zero-order valence-electron chi connectivity index (χ0n) is 10.2. The highest BCUT2D eigenvalue weighted by molar-refractivity contribution is 14.1. The molecule has 0 aliphatic carbocycles. The second-order valence-electron chi connectivity index (χ2n) is 4.24. The molecule has 3 rings (SSSR count). The average Bonchev–Trinajstić information content (AvgIpc) is 2.91. The van der Waals surface area contributed by atoms with Crippen molar-refractivity contribution >= 4 is 54.0 Å². The van der Waals surface area contributed by atoms with Crippen molar-refractivity contribution in [2.75, 3.05) is 3.28 Å². The highest BCUT2D eigenvalue weighted by atomic mass is 127. The van der Waals surface area contributed by atoms with Gasteiger partial charge in [-0.3, -0.25) is 5.21 Å². The van der Waals surface area contributed by atoms with Crippen LogP contribution < -0.4 is 3.28 Å². The van der Waals surface area contributed by atoms with Crippen molar-refractivity contribution < 1.29 is 8.28 Å². The monoisotopic (exact) mass is 444 g/mol. The van der Waals surface area contributed by atoms with Crippen LogP contribution in [0, 0.1) is 0 Å². The molecule has 0 aliphatic rings. The normalized spacial score (nSPS) is 10.9. The summed E-state index contributed by atoms with van der Waals surface area (Å²) in [5.74, 6) is 0. The van der Waals surface area contributed by atoms with Gasteiger partial charge in [-0.1, -0.05) is 40.2 Å². The Hall–Kier alpha value is -1.25. The van der Waals surface area contributed by atoms with E-state index in [9.17, 15) is 8.28 Å². The van der Waals surface area contributed by atoms with Crippen LogP contribution in [-0.2, 0) is 3.07 Å². The van der Waals surface area contributed by atoms with Crippen molar-refractivity contribution in [2.45, 2.75) is 0 Å². The first-order valence-corrected chi connectivity index (χ1v) is 8.47. The first kappa shape index (κ1) is 13.7. The van der Waals surface area contributed by atoms with Crippen molar-refractivity contribution in [3.8, 4) is 11.1 Å². The quantitative estimate of drug-likeness (QED) is 0.338. The molecule has 0 amide bonds. The molecule has 2 aromatic carbocycles. The van der Waals surface area contributed by atoms with Crippen LogP contribution in [0.2, 0.25) is 0 Å². The van der Waals surface area contributed by atoms with Gasteiger partial charge in [0.15, 0.2) is 0 Å². The number of nitrogens with one attached hydrogen (secondary N) is 1. The number of para-hydroxylation sites is 1. The Morgan fingerprint density at radius 3 is 2.60 bits per heavy atom. The van der Waals surface area contributed by atoms with E-state index in [0.717, 1.165) is 29.8 Å². The van der Waals surface area contributed by atoms with E-state index in [1.54, 1.807) is 6.07 Å². The molecule has 0 saturated carbocycles. The Bertz CT molecular complexity index is 770. The maximum atomic E-state index is 11.0. The molecule has 6 heteroatoms. The Morgan fingerprint density at radius 1 is 1.15 bits per heavy atom. The molecule has 0 spiro atoms. The fraction of sp³-hybridized carbons (Fsp3) is 0. The van der Waals surface area contributed by atoms with Crippen LogP contribution in [0.1, 0.15) is 0 Å². The third kappa shape index (κ3) is 2.38. The lowest BCUT2D eigenvalue weighted by Gasteiger charge is -2.08. The Morgan fingerprint density at radius 2 is 1.90 bits per heavy atom. The number of rotatable bonds is 3. The minimum atomic E-state index is -1.65. The van der Waals surface area contributed by atoms with Crippen LogP contribution in [0.25, 0.3) is 22.0 Å². The fourth-order valence-electron chi connectivity index (χ4n) is 2.20. The predicted molar refractivity (Wildman–Crippen MR) is 90.4 cm³/mol. The van der Waals surface area contributed by atoms with E-state index < -0.39 is 21.5 Å². The number of H-pyrrole nitrogens is 1. The van der Waals surface area contributed by atoms with Crippen LogP contribution >= 0.6 is 37.4 Å². The molecule has 0 atom stereocenters. The molecular formula is C14H10BrIN2O2. The summed E-state index contributed by atoms with van der Waals surface area (Å²) < 4.78 is 12.8. The van der Waals surface area contributed by atoms with E-state index in [1.807, 2.05) is 42.6 Å². The maximum absolute atomic E-state index is 11.0. The molecule has 0 unspecified atom stereocenters. The van der Waals surface area contributed by atoms with Gasteiger partial charge in [0.1, 0.15) is 5.69 Å². The molecule has 0 saturated heterocycles. The molecule has 0 fully saturated rings. The SMILES string of the molecule is O=IN(O)c1cccc2c(-c3ccc(Br)cc3)c[nH]c12. The average molecular weight is 445 g/mol. The Labute approximate surface area is 134 Å². The Balaban J connectivity index is 2.19. The number of fused-ring (bicyclic) bond motifs is 1. The van der Waals surface area contributed by atoms with Gasteiger partial charge in [-0.15, -0.1) is 0 Å². The van der Waals surface area contributed by atoms with E-state index in [1.165, 1.54) is 0 Å². The van der Waals surface area contributed by atoms with Crippen molar-refractivity contribution in [3.05, 3.63) is 53.1 Å². The number of aromatic amines is 1. The number of anilines is 1. The summed E-state index contributed by atoms with van der Waals surface area (Å²) in [6.07, 6.45) is 1.90. The van der Waals surface area contributed by atoms with E-state index in [0.29, 0.717) is 5.69 Å². The molecule has 3 aromatic rings. The van der Waals surface area contributed by atoms with Gasteiger partial charge in [-0.2, -0.15) is 3.28 Å². The van der Waals surface area contributed by atoms with Crippen molar-refractivity contribution in [1.82, 2.24) is 4.98 Å². The van der Waals surface area contributed by atoms with Crippen LogP contribution in [-0.4, -0.2) is 10.2 Å². The third-order valence-corrected chi connectivity index (χ3v) is 4.53. The highest BCUT2D eigenvalue weighted by Gasteiger charge is 2.12. The minimum absolute atomic E-state index is 0.536. The Kier molecular flexibility index (Phi) is 3.86. The number of benzene rings is 2. The molecule has 20 heavy (non-hydrogen) atoms. The lowest BCUT2D eigenvalue weighted by Crippen LogP contribution is -2.02. The number of hydrogen-bond acceptors (Lipinski definition) is 2. The summed E-state index contributed by atoms with van der Waals surface area (Å²) in [5.41, 5.74) is 3.45. The van der Waals surface area contributed by atoms with Crippen LogP contribution in [0.4, 0.5) is 5.69 Å². The van der Waals surface area contributed by atoms with Gasteiger partial charge in [0, 0.05) is 21.6 Å². The van der Waals surface area contributed by atoms with Gasteiger partial charge >= 0.3 is 0 Å². The summed E-state index contributed by atoms with van der Waals surface area (Å²) in [4.78, 5) is 3.15.